The smallest absolute Gasteiger partial charge is 0.0673 e. The van der Waals surface area contributed by atoms with E-state index in [0.29, 0.717) is 13.2 Å². The third-order valence-corrected chi connectivity index (χ3v) is 1.64. The highest BCUT2D eigenvalue weighted by molar-refractivity contribution is 4.95. The molecule has 0 aromatic carbocycles. The van der Waals surface area contributed by atoms with Gasteiger partial charge in [0.15, 0.2) is 0 Å². The fraction of sp³-hybridized carbons (Fsp3) is 0.800. The first-order chi connectivity index (χ1) is 6.31. The quantitative estimate of drug-likeness (QED) is 0.445. The second-order valence-corrected chi connectivity index (χ2v) is 2.82. The van der Waals surface area contributed by atoms with Crippen LogP contribution in [0.4, 0.5) is 0 Å². The van der Waals surface area contributed by atoms with Gasteiger partial charge < -0.3 is 15.2 Å². The Morgan fingerprint density at radius 3 is 2.92 bits per heavy atom. The summed E-state index contributed by atoms with van der Waals surface area (Å²) in [6, 6.07) is 0. The molecule has 0 aromatic rings. The van der Waals surface area contributed by atoms with Gasteiger partial charge in [0.25, 0.3) is 0 Å². The zero-order valence-electron chi connectivity index (χ0n) is 8.47. The summed E-state index contributed by atoms with van der Waals surface area (Å²) in [5.74, 6) is 5.72. The van der Waals surface area contributed by atoms with Crippen molar-refractivity contribution in [2.75, 3.05) is 26.8 Å². The molecule has 0 fully saturated rings. The van der Waals surface area contributed by atoms with E-state index < -0.39 is 0 Å². The lowest BCUT2D eigenvalue weighted by atomic mass is 10.2. The molecule has 0 amide bonds. The van der Waals surface area contributed by atoms with Crippen molar-refractivity contribution in [2.45, 2.75) is 25.9 Å². The highest BCUT2D eigenvalue weighted by Gasteiger charge is 2.00. The maximum Gasteiger partial charge on any atom is 0.0673 e. The Kier molecular flexibility index (Phi) is 9.12. The van der Waals surface area contributed by atoms with E-state index in [-0.39, 0.29) is 6.10 Å². The van der Waals surface area contributed by atoms with Crippen LogP contribution < -0.4 is 5.32 Å². The third kappa shape index (κ3) is 9.35. The van der Waals surface area contributed by atoms with Crippen LogP contribution in [-0.2, 0) is 4.74 Å². The molecule has 1 unspecified atom stereocenters. The van der Waals surface area contributed by atoms with Gasteiger partial charge >= 0.3 is 0 Å². The molecule has 0 radical (unpaired) electrons. The van der Waals surface area contributed by atoms with Crippen LogP contribution in [0.1, 0.15) is 19.8 Å². The molecule has 1 atom stereocenters. The molecule has 3 heteroatoms. The second kappa shape index (κ2) is 9.53. The predicted octanol–water partition coefficient (Wildman–Crippen LogP) is 0.387. The largest absolute Gasteiger partial charge is 0.392 e. The van der Waals surface area contributed by atoms with Gasteiger partial charge in [-0.1, -0.05) is 0 Å². The van der Waals surface area contributed by atoms with Crippen LogP contribution in [0.3, 0.4) is 0 Å². The molecule has 0 spiro atoms. The van der Waals surface area contributed by atoms with E-state index >= 15 is 0 Å². The number of methoxy groups -OCH3 is 1. The van der Waals surface area contributed by atoms with E-state index in [1.165, 1.54) is 0 Å². The van der Waals surface area contributed by atoms with Crippen molar-refractivity contribution in [1.29, 1.82) is 0 Å². The molecule has 3 nitrogen and oxygen atoms in total. The number of aliphatic hydroxyl groups excluding tert-OH is 1. The number of rotatable bonds is 7. The van der Waals surface area contributed by atoms with E-state index in [1.807, 2.05) is 6.92 Å². The Labute approximate surface area is 80.5 Å². The lowest BCUT2D eigenvalue weighted by Crippen LogP contribution is -2.29. The lowest BCUT2D eigenvalue weighted by molar-refractivity contribution is 0.153. The Hall–Kier alpha value is -0.560. The Bertz CT molecular complexity index is 160. The fourth-order valence-corrected chi connectivity index (χ4v) is 0.909. The Balaban J connectivity index is 3.18. The molecule has 0 aliphatic carbocycles. The minimum atomic E-state index is -0.294. The average molecular weight is 185 g/mol. The van der Waals surface area contributed by atoms with Gasteiger partial charge in [0, 0.05) is 26.6 Å². The first-order valence-electron chi connectivity index (χ1n) is 4.58. The molecule has 13 heavy (non-hydrogen) atoms. The number of nitrogens with one attached hydrogen (secondary N) is 1. The number of hydrogen-bond acceptors (Lipinski definition) is 3. The highest BCUT2D eigenvalue weighted by Crippen LogP contribution is 1.93. The fourth-order valence-electron chi connectivity index (χ4n) is 0.909. The molecular formula is C10H19NO2. The highest BCUT2D eigenvalue weighted by atomic mass is 16.5. The van der Waals surface area contributed by atoms with Crippen LogP contribution in [0.25, 0.3) is 0 Å². The van der Waals surface area contributed by atoms with Crippen molar-refractivity contribution in [3.63, 3.8) is 0 Å². The van der Waals surface area contributed by atoms with E-state index in [2.05, 4.69) is 17.2 Å². The molecular weight excluding hydrogens is 166 g/mol. The summed E-state index contributed by atoms with van der Waals surface area (Å²) in [6.45, 7) is 3.90. The molecule has 76 valence electrons. The van der Waals surface area contributed by atoms with Crippen LogP contribution in [0.15, 0.2) is 0 Å². The van der Waals surface area contributed by atoms with Gasteiger partial charge in [-0.05, 0) is 13.3 Å². The van der Waals surface area contributed by atoms with Crippen LogP contribution in [0.5, 0.6) is 0 Å². The zero-order valence-corrected chi connectivity index (χ0v) is 8.47. The summed E-state index contributed by atoms with van der Waals surface area (Å²) in [6.07, 6.45) is 1.21. The normalized spacial score (nSPS) is 11.9. The summed E-state index contributed by atoms with van der Waals surface area (Å²) in [5, 5.41) is 12.5. The summed E-state index contributed by atoms with van der Waals surface area (Å²) in [7, 11) is 1.66. The van der Waals surface area contributed by atoms with Crippen molar-refractivity contribution < 1.29 is 9.84 Å². The minimum absolute atomic E-state index is 0.294. The number of ether oxygens (including phenoxy) is 1. The summed E-state index contributed by atoms with van der Waals surface area (Å²) in [5.41, 5.74) is 0. The van der Waals surface area contributed by atoms with Gasteiger partial charge in [0.2, 0.25) is 0 Å². The monoisotopic (exact) mass is 185 g/mol. The van der Waals surface area contributed by atoms with Gasteiger partial charge in [-0.25, -0.2) is 0 Å². The van der Waals surface area contributed by atoms with Gasteiger partial charge in [-0.3, -0.25) is 0 Å². The Morgan fingerprint density at radius 1 is 1.54 bits per heavy atom. The molecule has 0 heterocycles. The SMILES string of the molecule is CC#CCCC(O)CNCCOC. The van der Waals surface area contributed by atoms with Crippen LogP contribution >= 0.6 is 0 Å². The standard InChI is InChI=1S/C10H19NO2/c1-3-4-5-6-10(12)9-11-7-8-13-2/h10-12H,5-9H2,1-2H3. The third-order valence-electron chi connectivity index (χ3n) is 1.64. The van der Waals surface area contributed by atoms with Gasteiger partial charge in [-0.15, -0.1) is 11.8 Å². The molecule has 0 aromatic heterocycles. The first kappa shape index (κ1) is 12.4. The molecule has 0 saturated heterocycles. The maximum atomic E-state index is 9.40. The number of aliphatic hydroxyl groups is 1. The molecule has 0 saturated carbocycles. The summed E-state index contributed by atoms with van der Waals surface area (Å²) >= 11 is 0. The molecule has 0 aliphatic heterocycles. The van der Waals surface area contributed by atoms with Crippen molar-refractivity contribution in [2.24, 2.45) is 0 Å². The molecule has 0 rings (SSSR count). The zero-order chi connectivity index (χ0) is 9.94. The summed E-state index contributed by atoms with van der Waals surface area (Å²) < 4.78 is 4.86. The lowest BCUT2D eigenvalue weighted by Gasteiger charge is -2.09. The Morgan fingerprint density at radius 2 is 2.31 bits per heavy atom. The van der Waals surface area contributed by atoms with E-state index in [1.54, 1.807) is 7.11 Å². The van der Waals surface area contributed by atoms with Crippen LogP contribution in [-0.4, -0.2) is 38.0 Å². The van der Waals surface area contributed by atoms with Gasteiger partial charge in [-0.2, -0.15) is 0 Å². The minimum Gasteiger partial charge on any atom is -0.392 e. The molecule has 2 N–H and O–H groups in total. The van der Waals surface area contributed by atoms with Crippen molar-refractivity contribution in [1.82, 2.24) is 5.32 Å². The summed E-state index contributed by atoms with van der Waals surface area (Å²) in [4.78, 5) is 0. The van der Waals surface area contributed by atoms with E-state index in [4.69, 9.17) is 4.74 Å². The van der Waals surface area contributed by atoms with Crippen molar-refractivity contribution in [3.05, 3.63) is 0 Å². The maximum absolute atomic E-state index is 9.40. The second-order valence-electron chi connectivity index (χ2n) is 2.82. The van der Waals surface area contributed by atoms with Crippen LogP contribution in [0, 0.1) is 11.8 Å². The van der Waals surface area contributed by atoms with E-state index in [0.717, 1.165) is 19.4 Å². The van der Waals surface area contributed by atoms with Crippen molar-refractivity contribution >= 4 is 0 Å². The van der Waals surface area contributed by atoms with Gasteiger partial charge in [0.1, 0.15) is 0 Å². The van der Waals surface area contributed by atoms with Crippen LogP contribution in [0.2, 0.25) is 0 Å². The topological polar surface area (TPSA) is 41.5 Å². The molecule has 0 bridgehead atoms. The van der Waals surface area contributed by atoms with Crippen molar-refractivity contribution in [3.8, 4) is 11.8 Å². The van der Waals surface area contributed by atoms with Gasteiger partial charge in [0.05, 0.1) is 12.7 Å². The number of hydrogen-bond donors (Lipinski definition) is 2. The predicted molar refractivity (Wildman–Crippen MR) is 53.4 cm³/mol. The first-order valence-corrected chi connectivity index (χ1v) is 4.58. The van der Waals surface area contributed by atoms with E-state index in [9.17, 15) is 5.11 Å². The average Bonchev–Trinajstić information content (AvgIpc) is 2.13. The molecule has 0 aliphatic rings.